The largest absolute Gasteiger partial charge is 0.329 e. The molecule has 1 aliphatic carbocycles. The summed E-state index contributed by atoms with van der Waals surface area (Å²) in [6.45, 7) is 0.303. The monoisotopic (exact) mass is 366 g/mol. The molecule has 0 saturated heterocycles. The zero-order chi connectivity index (χ0) is 14.1. The molecule has 0 spiro atoms. The van der Waals surface area contributed by atoms with E-state index in [4.69, 9.17) is 17.3 Å². The number of benzene rings is 1. The Bertz CT molecular complexity index is 571. The van der Waals surface area contributed by atoms with E-state index in [1.54, 1.807) is 12.1 Å². The Labute approximate surface area is 126 Å². The predicted octanol–water partition coefficient (Wildman–Crippen LogP) is 2.65. The molecule has 0 atom stereocenters. The second-order valence-electron chi connectivity index (χ2n) is 4.87. The van der Waals surface area contributed by atoms with Gasteiger partial charge in [-0.15, -0.1) is 0 Å². The summed E-state index contributed by atoms with van der Waals surface area (Å²) >= 11 is 9.24. The molecule has 0 bridgehead atoms. The second-order valence-corrected chi connectivity index (χ2v) is 7.85. The lowest BCUT2D eigenvalue weighted by Gasteiger charge is -2.28. The number of sulfonamides is 1. The highest BCUT2D eigenvalue weighted by atomic mass is 79.9. The first-order valence-electron chi connectivity index (χ1n) is 6.08. The lowest BCUT2D eigenvalue weighted by atomic mass is 10.0. The Morgan fingerprint density at radius 3 is 2.58 bits per heavy atom. The molecule has 1 aromatic rings. The summed E-state index contributed by atoms with van der Waals surface area (Å²) in [5.41, 5.74) is 5.23. The fourth-order valence-electron chi connectivity index (χ4n) is 2.42. The quantitative estimate of drug-likeness (QED) is 0.859. The van der Waals surface area contributed by atoms with Gasteiger partial charge in [0.05, 0.1) is 5.02 Å². The van der Waals surface area contributed by atoms with E-state index >= 15 is 0 Å². The molecule has 0 aromatic heterocycles. The van der Waals surface area contributed by atoms with E-state index in [1.807, 2.05) is 0 Å². The van der Waals surface area contributed by atoms with Crippen molar-refractivity contribution in [1.29, 1.82) is 0 Å². The van der Waals surface area contributed by atoms with E-state index in [2.05, 4.69) is 20.7 Å². The molecule has 1 saturated carbocycles. The smallest absolute Gasteiger partial charge is 0.242 e. The Hall–Kier alpha value is -0.140. The van der Waals surface area contributed by atoms with Crippen LogP contribution in [-0.2, 0) is 10.0 Å². The first-order valence-corrected chi connectivity index (χ1v) is 8.73. The molecule has 0 radical (unpaired) electrons. The van der Waals surface area contributed by atoms with Crippen molar-refractivity contribution >= 4 is 37.6 Å². The number of rotatable bonds is 4. The zero-order valence-corrected chi connectivity index (χ0v) is 13.5. The molecule has 3 N–H and O–H groups in total. The van der Waals surface area contributed by atoms with Crippen molar-refractivity contribution in [2.75, 3.05) is 6.54 Å². The van der Waals surface area contributed by atoms with Gasteiger partial charge in [-0.1, -0.05) is 40.4 Å². The minimum absolute atomic E-state index is 0.0864. The van der Waals surface area contributed by atoms with Crippen LogP contribution < -0.4 is 10.5 Å². The van der Waals surface area contributed by atoms with Gasteiger partial charge in [-0.3, -0.25) is 0 Å². The first-order chi connectivity index (χ1) is 8.88. The van der Waals surface area contributed by atoms with Crippen LogP contribution in [0.3, 0.4) is 0 Å². The number of nitrogens with one attached hydrogen (secondary N) is 1. The van der Waals surface area contributed by atoms with E-state index < -0.39 is 15.6 Å². The van der Waals surface area contributed by atoms with Crippen molar-refractivity contribution in [3.05, 3.63) is 27.7 Å². The molecule has 106 valence electrons. The van der Waals surface area contributed by atoms with Crippen LogP contribution in [0, 0.1) is 0 Å². The molecule has 0 aliphatic heterocycles. The summed E-state index contributed by atoms with van der Waals surface area (Å²) in [4.78, 5) is 0.0864. The van der Waals surface area contributed by atoms with Crippen LogP contribution in [0.25, 0.3) is 0 Å². The van der Waals surface area contributed by atoms with Crippen LogP contribution in [0.1, 0.15) is 25.7 Å². The molecule has 0 heterocycles. The van der Waals surface area contributed by atoms with Crippen LogP contribution in [0.15, 0.2) is 27.6 Å². The van der Waals surface area contributed by atoms with Crippen LogP contribution >= 0.6 is 27.5 Å². The van der Waals surface area contributed by atoms with Crippen molar-refractivity contribution in [3.8, 4) is 0 Å². The van der Waals surface area contributed by atoms with Crippen LogP contribution in [0.5, 0.6) is 0 Å². The molecule has 1 aromatic carbocycles. The summed E-state index contributed by atoms with van der Waals surface area (Å²) in [6.07, 6.45) is 3.53. The molecule has 1 fully saturated rings. The van der Waals surface area contributed by atoms with Gasteiger partial charge >= 0.3 is 0 Å². The Morgan fingerprint density at radius 2 is 2.00 bits per heavy atom. The SMILES string of the molecule is NCC1(NS(=O)(=O)c2cc(Br)ccc2Cl)CCCC1. The molecule has 4 nitrogen and oxygen atoms in total. The Balaban J connectivity index is 2.34. The molecule has 0 amide bonds. The van der Waals surface area contributed by atoms with Gasteiger partial charge in [0, 0.05) is 16.6 Å². The fraction of sp³-hybridized carbons (Fsp3) is 0.500. The Morgan fingerprint density at radius 1 is 1.37 bits per heavy atom. The highest BCUT2D eigenvalue weighted by molar-refractivity contribution is 9.10. The highest BCUT2D eigenvalue weighted by Crippen LogP contribution is 2.32. The van der Waals surface area contributed by atoms with Crippen LogP contribution in [0.4, 0.5) is 0 Å². The third-order valence-corrected chi connectivity index (χ3v) is 6.04. The van der Waals surface area contributed by atoms with Crippen molar-refractivity contribution < 1.29 is 8.42 Å². The maximum absolute atomic E-state index is 12.5. The number of nitrogens with two attached hydrogens (primary N) is 1. The average Bonchev–Trinajstić information content (AvgIpc) is 2.80. The van der Waals surface area contributed by atoms with Crippen molar-refractivity contribution in [2.45, 2.75) is 36.1 Å². The zero-order valence-electron chi connectivity index (χ0n) is 10.3. The lowest BCUT2D eigenvalue weighted by molar-refractivity contribution is 0.399. The van der Waals surface area contributed by atoms with Gasteiger partial charge in [0.15, 0.2) is 0 Å². The fourth-order valence-corrected chi connectivity index (χ4v) is 4.93. The molecule has 2 rings (SSSR count). The van der Waals surface area contributed by atoms with Crippen LogP contribution in [0.2, 0.25) is 5.02 Å². The molecule has 1 aliphatic rings. The van der Waals surface area contributed by atoms with Gasteiger partial charge in [-0.25, -0.2) is 13.1 Å². The number of halogens is 2. The van der Waals surface area contributed by atoms with Crippen molar-refractivity contribution in [1.82, 2.24) is 4.72 Å². The topological polar surface area (TPSA) is 72.2 Å². The van der Waals surface area contributed by atoms with Gasteiger partial charge in [0.1, 0.15) is 4.90 Å². The summed E-state index contributed by atoms with van der Waals surface area (Å²) < 4.78 is 28.3. The van der Waals surface area contributed by atoms with Gasteiger partial charge < -0.3 is 5.73 Å². The molecular formula is C12H16BrClN2O2S. The van der Waals surface area contributed by atoms with E-state index in [0.29, 0.717) is 11.0 Å². The minimum atomic E-state index is -3.66. The average molecular weight is 368 g/mol. The summed E-state index contributed by atoms with van der Waals surface area (Å²) in [7, 11) is -3.66. The third-order valence-electron chi connectivity index (χ3n) is 3.49. The first kappa shape index (κ1) is 15.3. The predicted molar refractivity (Wildman–Crippen MR) is 79.7 cm³/mol. The van der Waals surface area contributed by atoms with E-state index in [1.165, 1.54) is 6.07 Å². The normalized spacial score (nSPS) is 18.7. The minimum Gasteiger partial charge on any atom is -0.329 e. The Kier molecular flexibility index (Phi) is 4.57. The summed E-state index contributed by atoms with van der Waals surface area (Å²) in [5, 5.41) is 0.209. The highest BCUT2D eigenvalue weighted by Gasteiger charge is 2.37. The maximum Gasteiger partial charge on any atom is 0.242 e. The van der Waals surface area contributed by atoms with E-state index in [9.17, 15) is 8.42 Å². The molecular weight excluding hydrogens is 352 g/mol. The lowest BCUT2D eigenvalue weighted by Crippen LogP contribution is -2.51. The van der Waals surface area contributed by atoms with Crippen molar-refractivity contribution in [3.63, 3.8) is 0 Å². The third kappa shape index (κ3) is 3.31. The maximum atomic E-state index is 12.5. The van der Waals surface area contributed by atoms with E-state index in [-0.39, 0.29) is 9.92 Å². The van der Waals surface area contributed by atoms with Gasteiger partial charge in [-0.05, 0) is 31.0 Å². The van der Waals surface area contributed by atoms with Gasteiger partial charge in [0.25, 0.3) is 0 Å². The van der Waals surface area contributed by atoms with E-state index in [0.717, 1.165) is 25.7 Å². The molecule has 19 heavy (non-hydrogen) atoms. The van der Waals surface area contributed by atoms with Gasteiger partial charge in [-0.2, -0.15) is 0 Å². The number of hydrogen-bond donors (Lipinski definition) is 2. The second kappa shape index (κ2) is 5.69. The van der Waals surface area contributed by atoms with Gasteiger partial charge in [0.2, 0.25) is 10.0 Å². The molecule has 7 heteroatoms. The molecule has 0 unspecified atom stereocenters. The summed E-state index contributed by atoms with van der Waals surface area (Å²) in [6, 6.07) is 4.77. The number of hydrogen-bond acceptors (Lipinski definition) is 3. The summed E-state index contributed by atoms with van der Waals surface area (Å²) in [5.74, 6) is 0. The van der Waals surface area contributed by atoms with Crippen LogP contribution in [-0.4, -0.2) is 20.5 Å². The van der Waals surface area contributed by atoms with Crippen molar-refractivity contribution in [2.24, 2.45) is 5.73 Å². The standard InChI is InChI=1S/C12H16BrClN2O2S/c13-9-3-4-10(14)11(7-9)19(17,18)16-12(8-15)5-1-2-6-12/h3-4,7,16H,1-2,5-6,8,15H2.